The van der Waals surface area contributed by atoms with E-state index in [1.54, 1.807) is 36.4 Å². The SMILES string of the molecule is CC(=O)N(C(=O)c1ccc2cc[nH]c2c1)c1ccc(N)cc1. The van der Waals surface area contributed by atoms with Gasteiger partial charge in [-0.2, -0.15) is 0 Å². The van der Waals surface area contributed by atoms with Crippen LogP contribution in [-0.2, 0) is 4.79 Å². The van der Waals surface area contributed by atoms with Crippen LogP contribution in [0.5, 0.6) is 0 Å². The molecule has 0 saturated heterocycles. The molecule has 0 aliphatic carbocycles. The first kappa shape index (κ1) is 13.9. The van der Waals surface area contributed by atoms with Gasteiger partial charge in [-0.05, 0) is 47.9 Å². The van der Waals surface area contributed by atoms with E-state index in [9.17, 15) is 9.59 Å². The summed E-state index contributed by atoms with van der Waals surface area (Å²) in [4.78, 5) is 28.8. The Labute approximate surface area is 127 Å². The van der Waals surface area contributed by atoms with E-state index < -0.39 is 0 Å². The molecule has 0 saturated carbocycles. The Hall–Kier alpha value is -3.08. The number of aromatic amines is 1. The fourth-order valence-electron chi connectivity index (χ4n) is 2.38. The smallest absolute Gasteiger partial charge is 0.265 e. The molecule has 22 heavy (non-hydrogen) atoms. The summed E-state index contributed by atoms with van der Waals surface area (Å²) in [7, 11) is 0. The van der Waals surface area contributed by atoms with E-state index in [2.05, 4.69) is 4.98 Å². The van der Waals surface area contributed by atoms with Crippen molar-refractivity contribution in [2.45, 2.75) is 6.92 Å². The Morgan fingerprint density at radius 2 is 1.77 bits per heavy atom. The number of rotatable bonds is 2. The van der Waals surface area contributed by atoms with E-state index >= 15 is 0 Å². The minimum atomic E-state index is -0.367. The lowest BCUT2D eigenvalue weighted by atomic mass is 10.1. The average molecular weight is 293 g/mol. The van der Waals surface area contributed by atoms with E-state index in [1.165, 1.54) is 6.92 Å². The van der Waals surface area contributed by atoms with Crippen LogP contribution in [0, 0.1) is 0 Å². The van der Waals surface area contributed by atoms with Gasteiger partial charge in [-0.1, -0.05) is 6.07 Å². The normalized spacial score (nSPS) is 10.6. The van der Waals surface area contributed by atoms with Gasteiger partial charge >= 0.3 is 0 Å². The third kappa shape index (κ3) is 2.44. The van der Waals surface area contributed by atoms with Gasteiger partial charge in [0.25, 0.3) is 5.91 Å². The number of benzene rings is 2. The van der Waals surface area contributed by atoms with E-state index in [1.807, 2.05) is 18.3 Å². The maximum atomic E-state index is 12.7. The lowest BCUT2D eigenvalue weighted by molar-refractivity contribution is -0.115. The van der Waals surface area contributed by atoms with E-state index in [4.69, 9.17) is 5.73 Å². The summed E-state index contributed by atoms with van der Waals surface area (Å²) in [5, 5.41) is 1.01. The van der Waals surface area contributed by atoms with Gasteiger partial charge in [0, 0.05) is 29.9 Å². The molecule has 2 aromatic carbocycles. The van der Waals surface area contributed by atoms with Crippen molar-refractivity contribution in [2.75, 3.05) is 10.6 Å². The van der Waals surface area contributed by atoms with Gasteiger partial charge in [-0.3, -0.25) is 9.59 Å². The molecule has 0 fully saturated rings. The summed E-state index contributed by atoms with van der Waals surface area (Å²) in [5.74, 6) is -0.713. The van der Waals surface area contributed by atoms with Crippen molar-refractivity contribution in [2.24, 2.45) is 0 Å². The molecular formula is C17H15N3O2. The number of nitrogen functional groups attached to an aromatic ring is 1. The van der Waals surface area contributed by atoms with Crippen LogP contribution >= 0.6 is 0 Å². The van der Waals surface area contributed by atoms with E-state index in [-0.39, 0.29) is 11.8 Å². The fraction of sp³-hybridized carbons (Fsp3) is 0.0588. The van der Waals surface area contributed by atoms with Gasteiger partial charge in [0.15, 0.2) is 0 Å². The number of nitrogens with two attached hydrogens (primary N) is 1. The zero-order valence-corrected chi connectivity index (χ0v) is 12.0. The van der Waals surface area contributed by atoms with E-state index in [0.717, 1.165) is 15.8 Å². The topological polar surface area (TPSA) is 79.2 Å². The number of anilines is 2. The van der Waals surface area contributed by atoms with Crippen molar-refractivity contribution >= 4 is 34.1 Å². The number of nitrogens with one attached hydrogen (secondary N) is 1. The van der Waals surface area contributed by atoms with Gasteiger partial charge in [0.05, 0.1) is 5.69 Å². The lowest BCUT2D eigenvalue weighted by Gasteiger charge is -2.19. The number of carbonyl (C=O) groups excluding carboxylic acids is 2. The van der Waals surface area contributed by atoms with Crippen LogP contribution in [0.25, 0.3) is 10.9 Å². The van der Waals surface area contributed by atoms with Crippen LogP contribution in [0.3, 0.4) is 0 Å². The summed E-state index contributed by atoms with van der Waals surface area (Å²) >= 11 is 0. The van der Waals surface area contributed by atoms with Crippen molar-refractivity contribution in [3.63, 3.8) is 0 Å². The largest absolute Gasteiger partial charge is 0.399 e. The van der Waals surface area contributed by atoms with Gasteiger partial charge < -0.3 is 10.7 Å². The lowest BCUT2D eigenvalue weighted by Crippen LogP contribution is -2.35. The molecule has 5 heteroatoms. The number of imide groups is 1. The summed E-state index contributed by atoms with van der Waals surface area (Å²) in [6, 6.07) is 13.9. The third-order valence-corrected chi connectivity index (χ3v) is 3.47. The van der Waals surface area contributed by atoms with Crippen molar-refractivity contribution in [1.82, 2.24) is 4.98 Å². The number of hydrogen-bond acceptors (Lipinski definition) is 3. The van der Waals surface area contributed by atoms with E-state index in [0.29, 0.717) is 16.9 Å². The molecule has 0 atom stereocenters. The molecule has 0 aliphatic rings. The number of fused-ring (bicyclic) bond motifs is 1. The fourth-order valence-corrected chi connectivity index (χ4v) is 2.38. The average Bonchev–Trinajstić information content (AvgIpc) is 2.96. The zero-order chi connectivity index (χ0) is 15.7. The first-order valence-electron chi connectivity index (χ1n) is 6.84. The van der Waals surface area contributed by atoms with Crippen LogP contribution in [0.15, 0.2) is 54.7 Å². The number of aromatic nitrogens is 1. The highest BCUT2D eigenvalue weighted by atomic mass is 16.2. The summed E-state index contributed by atoms with van der Waals surface area (Å²) in [5.41, 5.74) is 8.02. The predicted octanol–water partition coefficient (Wildman–Crippen LogP) is 2.94. The molecule has 0 radical (unpaired) electrons. The number of H-pyrrole nitrogens is 1. The predicted molar refractivity (Wildman–Crippen MR) is 86.6 cm³/mol. The number of hydrogen-bond donors (Lipinski definition) is 2. The molecule has 3 rings (SSSR count). The van der Waals surface area contributed by atoms with Crippen LogP contribution in [0.2, 0.25) is 0 Å². The summed E-state index contributed by atoms with van der Waals surface area (Å²) in [6.45, 7) is 1.36. The maximum absolute atomic E-state index is 12.7. The Balaban J connectivity index is 2.02. The quantitative estimate of drug-likeness (QED) is 0.713. The molecule has 1 aromatic heterocycles. The molecule has 1 heterocycles. The van der Waals surface area contributed by atoms with Crippen molar-refractivity contribution in [1.29, 1.82) is 0 Å². The molecular weight excluding hydrogens is 278 g/mol. The number of amides is 2. The first-order valence-corrected chi connectivity index (χ1v) is 6.84. The van der Waals surface area contributed by atoms with Crippen molar-refractivity contribution in [3.8, 4) is 0 Å². The maximum Gasteiger partial charge on any atom is 0.265 e. The molecule has 2 amide bonds. The molecule has 0 unspecified atom stereocenters. The minimum Gasteiger partial charge on any atom is -0.399 e. The minimum absolute atomic E-state index is 0.346. The summed E-state index contributed by atoms with van der Waals surface area (Å²) in [6.07, 6.45) is 1.81. The Morgan fingerprint density at radius 1 is 1.05 bits per heavy atom. The Bertz CT molecular complexity index is 850. The van der Waals surface area contributed by atoms with Gasteiger partial charge in [0.1, 0.15) is 0 Å². The summed E-state index contributed by atoms with van der Waals surface area (Å²) < 4.78 is 0. The highest BCUT2D eigenvalue weighted by Crippen LogP contribution is 2.21. The monoisotopic (exact) mass is 293 g/mol. The zero-order valence-electron chi connectivity index (χ0n) is 12.0. The second-order valence-electron chi connectivity index (χ2n) is 5.03. The first-order chi connectivity index (χ1) is 10.6. The molecule has 0 spiro atoms. The third-order valence-electron chi connectivity index (χ3n) is 3.47. The van der Waals surface area contributed by atoms with Crippen molar-refractivity contribution < 1.29 is 9.59 Å². The second-order valence-corrected chi connectivity index (χ2v) is 5.03. The molecule has 3 aromatic rings. The molecule has 5 nitrogen and oxygen atoms in total. The van der Waals surface area contributed by atoms with Crippen LogP contribution in [0.4, 0.5) is 11.4 Å². The van der Waals surface area contributed by atoms with Gasteiger partial charge in [-0.15, -0.1) is 0 Å². The van der Waals surface area contributed by atoms with Gasteiger partial charge in [0.2, 0.25) is 5.91 Å². The van der Waals surface area contributed by atoms with Gasteiger partial charge in [-0.25, -0.2) is 4.90 Å². The number of nitrogens with zero attached hydrogens (tertiary/aromatic N) is 1. The Kier molecular flexibility index (Phi) is 3.39. The van der Waals surface area contributed by atoms with Crippen LogP contribution < -0.4 is 10.6 Å². The molecule has 110 valence electrons. The number of carbonyl (C=O) groups is 2. The standard InChI is InChI=1S/C17H15N3O2/c1-11(21)20(15-6-4-14(18)5-7-15)17(22)13-3-2-12-8-9-19-16(12)10-13/h2-10,19H,18H2,1H3. The van der Waals surface area contributed by atoms with Crippen molar-refractivity contribution in [3.05, 3.63) is 60.3 Å². The Morgan fingerprint density at radius 3 is 2.45 bits per heavy atom. The van der Waals surface area contributed by atoms with Crippen LogP contribution in [0.1, 0.15) is 17.3 Å². The second kappa shape index (κ2) is 5.37. The highest BCUT2D eigenvalue weighted by molar-refractivity contribution is 6.21. The molecule has 0 aliphatic heterocycles. The van der Waals surface area contributed by atoms with Crippen LogP contribution in [-0.4, -0.2) is 16.8 Å². The molecule has 0 bridgehead atoms. The molecule has 3 N–H and O–H groups in total. The highest BCUT2D eigenvalue weighted by Gasteiger charge is 2.22.